The Morgan fingerprint density at radius 3 is 2.55 bits per heavy atom. The predicted octanol–water partition coefficient (Wildman–Crippen LogP) is 1.22. The van der Waals surface area contributed by atoms with Gasteiger partial charge in [-0.1, -0.05) is 0 Å². The third-order valence-corrected chi connectivity index (χ3v) is 2.63. The number of carboxylic acids is 1. The van der Waals surface area contributed by atoms with E-state index < -0.39 is 40.3 Å². The maximum Gasteiger partial charge on any atom is 0.360 e. The maximum absolute atomic E-state index is 13.6. The summed E-state index contributed by atoms with van der Waals surface area (Å²) in [6.07, 6.45) is 0. The number of carbonyl (C=O) groups is 1. The summed E-state index contributed by atoms with van der Waals surface area (Å²) < 4.78 is 26.9. The Morgan fingerprint density at radius 1 is 1.35 bits per heavy atom. The first-order chi connectivity index (χ1) is 9.32. The van der Waals surface area contributed by atoms with Gasteiger partial charge in [0, 0.05) is 6.07 Å². The van der Waals surface area contributed by atoms with Crippen LogP contribution < -0.4 is 5.56 Å². The van der Waals surface area contributed by atoms with Crippen LogP contribution in [0.1, 0.15) is 16.1 Å². The number of hydrogen-bond donors (Lipinski definition) is 2. The highest BCUT2D eigenvalue weighted by Gasteiger charge is 2.20. The van der Waals surface area contributed by atoms with Crippen molar-refractivity contribution in [2.45, 2.75) is 6.92 Å². The summed E-state index contributed by atoms with van der Waals surface area (Å²) in [5, 5.41) is 21.8. The van der Waals surface area contributed by atoms with Crippen LogP contribution in [0.4, 0.5) is 8.78 Å². The Labute approximate surface area is 110 Å². The average molecular weight is 282 g/mol. The molecule has 20 heavy (non-hydrogen) atoms. The molecular weight excluding hydrogens is 274 g/mol. The summed E-state index contributed by atoms with van der Waals surface area (Å²) in [7, 11) is 0. The van der Waals surface area contributed by atoms with E-state index in [9.17, 15) is 23.5 Å². The topological polar surface area (TPSA) is 92.4 Å². The molecule has 2 aromatic rings. The molecule has 0 aliphatic heterocycles. The zero-order chi connectivity index (χ0) is 15.0. The van der Waals surface area contributed by atoms with Gasteiger partial charge in [-0.05, 0) is 19.1 Å². The molecule has 0 saturated carbocycles. The fraction of sp³-hybridized carbons (Fsp3) is 0.0833. The zero-order valence-corrected chi connectivity index (χ0v) is 10.1. The van der Waals surface area contributed by atoms with Crippen LogP contribution in [0.3, 0.4) is 0 Å². The van der Waals surface area contributed by atoms with Crippen LogP contribution in [0, 0.1) is 18.6 Å². The zero-order valence-electron chi connectivity index (χ0n) is 10.1. The molecule has 0 aliphatic rings. The van der Waals surface area contributed by atoms with E-state index in [0.29, 0.717) is 10.7 Å². The molecule has 1 aromatic carbocycles. The van der Waals surface area contributed by atoms with Gasteiger partial charge in [-0.15, -0.1) is 0 Å². The first-order valence-electron chi connectivity index (χ1n) is 5.34. The predicted molar refractivity (Wildman–Crippen MR) is 63.1 cm³/mol. The van der Waals surface area contributed by atoms with Crippen molar-refractivity contribution in [3.05, 3.63) is 51.4 Å². The van der Waals surface area contributed by atoms with Crippen molar-refractivity contribution < 1.29 is 23.8 Å². The van der Waals surface area contributed by atoms with E-state index in [0.717, 1.165) is 12.1 Å². The average Bonchev–Trinajstić information content (AvgIpc) is 2.37. The number of carboxylic acid groups (broad SMARTS) is 1. The molecule has 1 aromatic heterocycles. The Kier molecular flexibility index (Phi) is 3.23. The van der Waals surface area contributed by atoms with Crippen molar-refractivity contribution >= 4 is 5.97 Å². The summed E-state index contributed by atoms with van der Waals surface area (Å²) in [6, 6.07) is 2.38. The van der Waals surface area contributed by atoms with Crippen LogP contribution in [0.15, 0.2) is 23.0 Å². The largest absolute Gasteiger partial charge is 0.505 e. The van der Waals surface area contributed by atoms with E-state index in [-0.39, 0.29) is 5.56 Å². The van der Waals surface area contributed by atoms with E-state index in [1.54, 1.807) is 0 Å². The number of benzene rings is 1. The third-order valence-electron chi connectivity index (χ3n) is 2.63. The van der Waals surface area contributed by atoms with Crippen LogP contribution in [-0.4, -0.2) is 26.0 Å². The van der Waals surface area contributed by atoms with E-state index in [4.69, 9.17) is 5.11 Å². The molecule has 1 heterocycles. The Hall–Kier alpha value is -2.77. The van der Waals surface area contributed by atoms with E-state index >= 15 is 0 Å². The lowest BCUT2D eigenvalue weighted by molar-refractivity contribution is 0.0684. The standard InChI is InChI=1S/C12H8F2N2O4/c1-5-10(17)9(12(19)20)15-16(11(5)18)8-3-2-6(13)4-7(8)14/h2-4,17H,1H3,(H,19,20). The van der Waals surface area contributed by atoms with Gasteiger partial charge in [0.1, 0.15) is 11.5 Å². The molecule has 0 atom stereocenters. The molecule has 6 nitrogen and oxygen atoms in total. The molecule has 104 valence electrons. The number of aromatic carboxylic acids is 1. The first kappa shape index (κ1) is 13.7. The summed E-state index contributed by atoms with van der Waals surface area (Å²) in [5.74, 6) is -4.31. The molecule has 0 spiro atoms. The van der Waals surface area contributed by atoms with Gasteiger partial charge < -0.3 is 10.2 Å². The second-order valence-electron chi connectivity index (χ2n) is 3.94. The second kappa shape index (κ2) is 4.72. The van der Waals surface area contributed by atoms with Gasteiger partial charge in [-0.2, -0.15) is 9.78 Å². The normalized spacial score (nSPS) is 10.6. The smallest absolute Gasteiger partial charge is 0.360 e. The SMILES string of the molecule is Cc1c(O)c(C(=O)O)nn(-c2ccc(F)cc2F)c1=O. The fourth-order valence-electron chi connectivity index (χ4n) is 1.59. The highest BCUT2D eigenvalue weighted by molar-refractivity contribution is 5.88. The lowest BCUT2D eigenvalue weighted by atomic mass is 10.2. The van der Waals surface area contributed by atoms with Gasteiger partial charge in [0.15, 0.2) is 11.6 Å². The summed E-state index contributed by atoms with van der Waals surface area (Å²) in [6.45, 7) is 1.17. The molecule has 0 amide bonds. The van der Waals surface area contributed by atoms with Crippen molar-refractivity contribution in [2.75, 3.05) is 0 Å². The summed E-state index contributed by atoms with van der Waals surface area (Å²) in [4.78, 5) is 22.8. The monoisotopic (exact) mass is 282 g/mol. The molecular formula is C12H8F2N2O4. The highest BCUT2D eigenvalue weighted by atomic mass is 19.1. The van der Waals surface area contributed by atoms with Crippen LogP contribution >= 0.6 is 0 Å². The highest BCUT2D eigenvalue weighted by Crippen LogP contribution is 2.19. The van der Waals surface area contributed by atoms with Crippen LogP contribution in [0.25, 0.3) is 5.69 Å². The molecule has 2 N–H and O–H groups in total. The fourth-order valence-corrected chi connectivity index (χ4v) is 1.59. The van der Waals surface area contributed by atoms with Crippen LogP contribution in [0.2, 0.25) is 0 Å². The Balaban J connectivity index is 2.81. The lowest BCUT2D eigenvalue weighted by Gasteiger charge is -2.09. The first-order valence-corrected chi connectivity index (χ1v) is 5.34. The minimum Gasteiger partial charge on any atom is -0.505 e. The van der Waals surface area contributed by atoms with E-state index in [1.165, 1.54) is 6.92 Å². The molecule has 0 fully saturated rings. The van der Waals surface area contributed by atoms with Crippen molar-refractivity contribution in [1.82, 2.24) is 9.78 Å². The molecule has 0 saturated heterocycles. The van der Waals surface area contributed by atoms with Crippen LogP contribution in [-0.2, 0) is 0 Å². The molecule has 0 radical (unpaired) electrons. The number of aromatic nitrogens is 2. The Bertz CT molecular complexity index is 771. The third kappa shape index (κ3) is 2.11. The van der Waals surface area contributed by atoms with Crippen molar-refractivity contribution in [3.63, 3.8) is 0 Å². The van der Waals surface area contributed by atoms with Gasteiger partial charge in [0.25, 0.3) is 5.56 Å². The second-order valence-corrected chi connectivity index (χ2v) is 3.94. The Morgan fingerprint density at radius 2 is 2.00 bits per heavy atom. The summed E-state index contributed by atoms with van der Waals surface area (Å²) in [5.41, 5.74) is -2.42. The van der Waals surface area contributed by atoms with Crippen molar-refractivity contribution in [3.8, 4) is 11.4 Å². The molecule has 8 heteroatoms. The quantitative estimate of drug-likeness (QED) is 0.864. The minimum absolute atomic E-state index is 0.305. The molecule has 2 rings (SSSR count). The summed E-state index contributed by atoms with van der Waals surface area (Å²) >= 11 is 0. The number of nitrogens with zero attached hydrogens (tertiary/aromatic N) is 2. The van der Waals surface area contributed by atoms with Gasteiger partial charge in [0.05, 0.1) is 5.56 Å². The van der Waals surface area contributed by atoms with Crippen molar-refractivity contribution in [2.24, 2.45) is 0 Å². The maximum atomic E-state index is 13.6. The van der Waals surface area contributed by atoms with Gasteiger partial charge >= 0.3 is 5.97 Å². The van der Waals surface area contributed by atoms with Gasteiger partial charge in [-0.25, -0.2) is 13.6 Å². The van der Waals surface area contributed by atoms with E-state index in [2.05, 4.69) is 5.10 Å². The minimum atomic E-state index is -1.58. The lowest BCUT2D eigenvalue weighted by Crippen LogP contribution is -2.27. The van der Waals surface area contributed by atoms with E-state index in [1.807, 2.05) is 0 Å². The van der Waals surface area contributed by atoms with Crippen molar-refractivity contribution in [1.29, 1.82) is 0 Å². The molecule has 0 aliphatic carbocycles. The molecule has 0 unspecified atom stereocenters. The number of halogens is 2. The number of aromatic hydroxyl groups is 1. The van der Waals surface area contributed by atoms with Gasteiger partial charge in [-0.3, -0.25) is 4.79 Å². The number of rotatable bonds is 2. The number of hydrogen-bond acceptors (Lipinski definition) is 4. The van der Waals surface area contributed by atoms with Crippen LogP contribution in [0.5, 0.6) is 5.75 Å². The van der Waals surface area contributed by atoms with Gasteiger partial charge in [0.2, 0.25) is 5.69 Å². The molecule has 0 bridgehead atoms.